The third kappa shape index (κ3) is 3.22. The molecule has 0 bridgehead atoms. The highest BCUT2D eigenvalue weighted by molar-refractivity contribution is 7.89. The fourth-order valence-corrected chi connectivity index (χ4v) is 4.44. The number of aliphatic hydroxyl groups excluding tert-OH is 1. The molecule has 1 aliphatic heterocycles. The predicted molar refractivity (Wildman–Crippen MR) is 84.1 cm³/mol. The van der Waals surface area contributed by atoms with Crippen LogP contribution in [0.4, 0.5) is 5.69 Å². The molecule has 0 aliphatic carbocycles. The molecule has 0 aromatic heterocycles. The zero-order chi connectivity index (χ0) is 15.6. The molecule has 6 heteroatoms. The van der Waals surface area contributed by atoms with E-state index in [1.807, 2.05) is 27.0 Å². The predicted octanol–water partition coefficient (Wildman–Crippen LogP) is 1.46. The summed E-state index contributed by atoms with van der Waals surface area (Å²) in [5.41, 5.74) is 2.19. The molecule has 1 aliphatic rings. The van der Waals surface area contributed by atoms with Gasteiger partial charge in [-0.1, -0.05) is 6.07 Å². The van der Waals surface area contributed by atoms with Gasteiger partial charge in [-0.2, -0.15) is 4.31 Å². The van der Waals surface area contributed by atoms with E-state index in [-0.39, 0.29) is 19.2 Å². The van der Waals surface area contributed by atoms with Crippen LogP contribution in [0.3, 0.4) is 0 Å². The Balaban J connectivity index is 2.43. The molecule has 21 heavy (non-hydrogen) atoms. The topological polar surface area (TPSA) is 60.9 Å². The SMILES string of the molecule is CC(C)N(CCO)S(=O)(=O)c1ccc2c(c1)N(C)CCC2. The third-order valence-corrected chi connectivity index (χ3v) is 5.98. The number of anilines is 1. The van der Waals surface area contributed by atoms with Gasteiger partial charge in [0.2, 0.25) is 10.0 Å². The zero-order valence-corrected chi connectivity index (χ0v) is 13.7. The van der Waals surface area contributed by atoms with Crippen LogP contribution < -0.4 is 4.90 Å². The normalized spacial score (nSPS) is 15.6. The van der Waals surface area contributed by atoms with Gasteiger partial charge in [0.1, 0.15) is 0 Å². The number of hydrogen-bond donors (Lipinski definition) is 1. The molecular formula is C15H24N2O3S. The van der Waals surface area contributed by atoms with Gasteiger partial charge in [0.25, 0.3) is 0 Å². The number of aryl methyl sites for hydroxylation is 1. The van der Waals surface area contributed by atoms with E-state index in [2.05, 4.69) is 4.90 Å². The van der Waals surface area contributed by atoms with Crippen LogP contribution in [0.1, 0.15) is 25.8 Å². The van der Waals surface area contributed by atoms with Gasteiger partial charge in [-0.25, -0.2) is 8.42 Å². The first-order valence-corrected chi connectivity index (χ1v) is 8.78. The molecule has 5 nitrogen and oxygen atoms in total. The first-order chi connectivity index (χ1) is 9.87. The van der Waals surface area contributed by atoms with Crippen molar-refractivity contribution in [3.63, 3.8) is 0 Å². The maximum atomic E-state index is 12.8. The summed E-state index contributed by atoms with van der Waals surface area (Å²) in [6, 6.07) is 5.17. The van der Waals surface area contributed by atoms with Gasteiger partial charge >= 0.3 is 0 Å². The Morgan fingerprint density at radius 2 is 2.10 bits per heavy atom. The van der Waals surface area contributed by atoms with Crippen LogP contribution in [0.15, 0.2) is 23.1 Å². The summed E-state index contributed by atoms with van der Waals surface area (Å²) in [6.07, 6.45) is 2.09. The van der Waals surface area contributed by atoms with Crippen molar-refractivity contribution in [2.24, 2.45) is 0 Å². The lowest BCUT2D eigenvalue weighted by Gasteiger charge is -2.29. The van der Waals surface area contributed by atoms with Crippen LogP contribution >= 0.6 is 0 Å². The molecule has 0 unspecified atom stereocenters. The van der Waals surface area contributed by atoms with Gasteiger partial charge in [0.05, 0.1) is 11.5 Å². The number of nitrogens with zero attached hydrogens (tertiary/aromatic N) is 2. The minimum Gasteiger partial charge on any atom is -0.395 e. The van der Waals surface area contributed by atoms with Crippen LogP contribution in [0, 0.1) is 0 Å². The van der Waals surface area contributed by atoms with Crippen molar-refractivity contribution in [2.75, 3.05) is 31.6 Å². The highest BCUT2D eigenvalue weighted by Gasteiger charge is 2.28. The van der Waals surface area contributed by atoms with Gasteiger partial charge in [-0.3, -0.25) is 0 Å². The Morgan fingerprint density at radius 1 is 1.38 bits per heavy atom. The van der Waals surface area contributed by atoms with E-state index in [1.165, 1.54) is 9.87 Å². The molecule has 1 aromatic carbocycles. The van der Waals surface area contributed by atoms with Crippen molar-refractivity contribution in [3.8, 4) is 0 Å². The summed E-state index contributed by atoms with van der Waals surface area (Å²) in [4.78, 5) is 2.40. The van der Waals surface area contributed by atoms with Crippen molar-refractivity contribution in [2.45, 2.75) is 37.6 Å². The maximum Gasteiger partial charge on any atom is 0.243 e. The average Bonchev–Trinajstić information content (AvgIpc) is 2.44. The molecular weight excluding hydrogens is 288 g/mol. The van der Waals surface area contributed by atoms with Gasteiger partial charge in [-0.05, 0) is 44.4 Å². The zero-order valence-electron chi connectivity index (χ0n) is 12.9. The fraction of sp³-hybridized carbons (Fsp3) is 0.600. The van der Waals surface area contributed by atoms with Crippen molar-refractivity contribution < 1.29 is 13.5 Å². The average molecular weight is 312 g/mol. The second-order valence-electron chi connectivity index (χ2n) is 5.75. The van der Waals surface area contributed by atoms with E-state index in [9.17, 15) is 8.42 Å². The van der Waals surface area contributed by atoms with Crippen LogP contribution in [0.5, 0.6) is 0 Å². The molecule has 0 spiro atoms. The van der Waals surface area contributed by atoms with Crippen LogP contribution in [0.25, 0.3) is 0 Å². The smallest absolute Gasteiger partial charge is 0.243 e. The molecule has 0 amide bonds. The summed E-state index contributed by atoms with van der Waals surface area (Å²) >= 11 is 0. The first kappa shape index (κ1) is 16.3. The highest BCUT2D eigenvalue weighted by atomic mass is 32.2. The third-order valence-electron chi connectivity index (χ3n) is 3.91. The summed E-state index contributed by atoms with van der Waals surface area (Å²) in [5.74, 6) is 0. The van der Waals surface area contributed by atoms with Crippen LogP contribution in [-0.2, 0) is 16.4 Å². The van der Waals surface area contributed by atoms with Gasteiger partial charge in [-0.15, -0.1) is 0 Å². The van der Waals surface area contributed by atoms with Crippen molar-refractivity contribution in [3.05, 3.63) is 23.8 Å². The molecule has 0 saturated heterocycles. The number of hydrogen-bond acceptors (Lipinski definition) is 4. The highest BCUT2D eigenvalue weighted by Crippen LogP contribution is 2.30. The van der Waals surface area contributed by atoms with Crippen molar-refractivity contribution in [1.82, 2.24) is 4.31 Å². The standard InChI is InChI=1S/C15H24N2O3S/c1-12(2)17(9-10-18)21(19,20)14-7-6-13-5-4-8-16(3)15(13)11-14/h6-7,11-12,18H,4-5,8-10H2,1-3H3. The van der Waals surface area contributed by atoms with Gasteiger partial charge in [0, 0.05) is 31.9 Å². The maximum absolute atomic E-state index is 12.8. The van der Waals surface area contributed by atoms with Crippen molar-refractivity contribution in [1.29, 1.82) is 0 Å². The van der Waals surface area contributed by atoms with E-state index >= 15 is 0 Å². The minimum atomic E-state index is -3.57. The van der Waals surface area contributed by atoms with Crippen molar-refractivity contribution >= 4 is 15.7 Å². The van der Waals surface area contributed by atoms with Crippen LogP contribution in [0.2, 0.25) is 0 Å². The van der Waals surface area contributed by atoms with Crippen LogP contribution in [-0.4, -0.2) is 50.6 Å². The molecule has 118 valence electrons. The molecule has 0 atom stereocenters. The molecule has 2 rings (SSSR count). The largest absolute Gasteiger partial charge is 0.395 e. The Kier molecular flexibility index (Phi) is 4.91. The molecule has 0 fully saturated rings. The quantitative estimate of drug-likeness (QED) is 0.894. The molecule has 0 saturated carbocycles. The van der Waals surface area contributed by atoms with E-state index in [0.29, 0.717) is 4.90 Å². The van der Waals surface area contributed by atoms with E-state index in [0.717, 1.165) is 25.1 Å². The molecule has 1 N–H and O–H groups in total. The second-order valence-corrected chi connectivity index (χ2v) is 7.64. The number of rotatable bonds is 5. The number of sulfonamides is 1. The molecule has 0 radical (unpaired) electrons. The summed E-state index contributed by atoms with van der Waals surface area (Å²) < 4.78 is 26.8. The lowest BCUT2D eigenvalue weighted by atomic mass is 10.0. The monoisotopic (exact) mass is 312 g/mol. The Hall–Kier alpha value is -1.11. The van der Waals surface area contributed by atoms with E-state index < -0.39 is 10.0 Å². The number of aliphatic hydroxyl groups is 1. The summed E-state index contributed by atoms with van der Waals surface area (Å²) in [7, 11) is -1.58. The second kappa shape index (κ2) is 6.34. The van der Waals surface area contributed by atoms with Gasteiger partial charge < -0.3 is 10.0 Å². The number of benzene rings is 1. The molecule has 1 aromatic rings. The molecule has 1 heterocycles. The summed E-state index contributed by atoms with van der Waals surface area (Å²) in [6.45, 7) is 4.52. The Bertz CT molecular complexity index is 599. The summed E-state index contributed by atoms with van der Waals surface area (Å²) in [5, 5.41) is 9.12. The minimum absolute atomic E-state index is 0.118. The fourth-order valence-electron chi connectivity index (χ4n) is 2.79. The lowest BCUT2D eigenvalue weighted by Crippen LogP contribution is -2.39. The lowest BCUT2D eigenvalue weighted by molar-refractivity contribution is 0.236. The van der Waals surface area contributed by atoms with E-state index in [1.54, 1.807) is 12.1 Å². The van der Waals surface area contributed by atoms with Gasteiger partial charge in [0.15, 0.2) is 0 Å². The first-order valence-electron chi connectivity index (χ1n) is 7.34. The Morgan fingerprint density at radius 3 is 2.71 bits per heavy atom. The number of fused-ring (bicyclic) bond motifs is 1. The Labute approximate surface area is 127 Å². The van der Waals surface area contributed by atoms with E-state index in [4.69, 9.17) is 5.11 Å².